The van der Waals surface area contributed by atoms with Gasteiger partial charge in [0.2, 0.25) is 0 Å². The molecule has 0 unspecified atom stereocenters. The van der Waals surface area contributed by atoms with Crippen LogP contribution in [0.2, 0.25) is 0 Å². The van der Waals surface area contributed by atoms with E-state index in [4.69, 9.17) is 0 Å². The normalized spacial score (nSPS) is 21.6. The summed E-state index contributed by atoms with van der Waals surface area (Å²) in [6.45, 7) is 8.98. The summed E-state index contributed by atoms with van der Waals surface area (Å²) in [5.41, 5.74) is 1.24. The molecule has 0 bridgehead atoms. The predicted octanol–water partition coefficient (Wildman–Crippen LogP) is 1.88. The van der Waals surface area contributed by atoms with Crippen molar-refractivity contribution in [2.45, 2.75) is 38.6 Å². The van der Waals surface area contributed by atoms with Crippen molar-refractivity contribution in [2.24, 2.45) is 0 Å². The molecule has 1 saturated carbocycles. The van der Waals surface area contributed by atoms with Crippen LogP contribution in [0.5, 0.6) is 0 Å². The second-order valence-electron chi connectivity index (χ2n) is 5.69. The van der Waals surface area contributed by atoms with Crippen LogP contribution in [-0.2, 0) is 0 Å². The Kier molecular flexibility index (Phi) is 3.20. The first-order valence-electron chi connectivity index (χ1n) is 7.05. The Bertz CT molecular complexity index is 406. The van der Waals surface area contributed by atoms with Gasteiger partial charge in [0.15, 0.2) is 0 Å². The first kappa shape index (κ1) is 11.9. The average Bonchev–Trinajstić information content (AvgIpc) is 3.23. The summed E-state index contributed by atoms with van der Waals surface area (Å²) in [5.74, 6) is 1.83. The van der Waals surface area contributed by atoms with E-state index in [0.29, 0.717) is 12.0 Å². The van der Waals surface area contributed by atoms with Crippen LogP contribution in [0.1, 0.15) is 38.3 Å². The van der Waals surface area contributed by atoms with E-state index in [-0.39, 0.29) is 0 Å². The molecule has 1 aromatic rings. The molecule has 1 aliphatic carbocycles. The van der Waals surface area contributed by atoms with E-state index >= 15 is 0 Å². The molecule has 2 aliphatic rings. The zero-order valence-corrected chi connectivity index (χ0v) is 11.3. The van der Waals surface area contributed by atoms with Gasteiger partial charge in [-0.25, -0.2) is 9.97 Å². The van der Waals surface area contributed by atoms with Crippen molar-refractivity contribution in [3.8, 4) is 0 Å². The van der Waals surface area contributed by atoms with Gasteiger partial charge in [-0.1, -0.05) is 0 Å². The van der Waals surface area contributed by atoms with Crippen LogP contribution in [0.25, 0.3) is 0 Å². The fourth-order valence-electron chi connectivity index (χ4n) is 2.60. The quantitative estimate of drug-likeness (QED) is 0.815. The monoisotopic (exact) mass is 246 g/mol. The van der Waals surface area contributed by atoms with Crippen LogP contribution in [0, 0.1) is 0 Å². The Morgan fingerprint density at radius 3 is 2.44 bits per heavy atom. The van der Waals surface area contributed by atoms with E-state index < -0.39 is 0 Å². The highest BCUT2D eigenvalue weighted by molar-refractivity contribution is 5.41. The lowest BCUT2D eigenvalue weighted by molar-refractivity contribution is 0.209. The molecule has 3 rings (SSSR count). The molecule has 2 heterocycles. The summed E-state index contributed by atoms with van der Waals surface area (Å²) < 4.78 is 0. The third kappa shape index (κ3) is 2.48. The highest BCUT2D eigenvalue weighted by Crippen LogP contribution is 2.39. The summed E-state index contributed by atoms with van der Waals surface area (Å²) in [6, 6.07) is 2.85. The van der Waals surface area contributed by atoms with Gasteiger partial charge in [-0.3, -0.25) is 4.90 Å². The number of piperazine rings is 1. The minimum atomic E-state index is 0.652. The molecular weight excluding hydrogens is 224 g/mol. The summed E-state index contributed by atoms with van der Waals surface area (Å²) in [6.07, 6.45) is 4.34. The van der Waals surface area contributed by atoms with E-state index in [2.05, 4.69) is 39.7 Å². The van der Waals surface area contributed by atoms with E-state index in [9.17, 15) is 0 Å². The van der Waals surface area contributed by atoms with Crippen molar-refractivity contribution in [2.75, 3.05) is 31.1 Å². The maximum Gasteiger partial charge on any atom is 0.132 e. The molecule has 4 nitrogen and oxygen atoms in total. The van der Waals surface area contributed by atoms with Gasteiger partial charge >= 0.3 is 0 Å². The van der Waals surface area contributed by atoms with Crippen LogP contribution < -0.4 is 4.90 Å². The predicted molar refractivity (Wildman–Crippen MR) is 72.9 cm³/mol. The maximum atomic E-state index is 4.44. The van der Waals surface area contributed by atoms with Gasteiger partial charge in [0.1, 0.15) is 12.1 Å². The van der Waals surface area contributed by atoms with Gasteiger partial charge in [0.05, 0.1) is 0 Å². The van der Waals surface area contributed by atoms with Crippen molar-refractivity contribution in [3.05, 3.63) is 18.1 Å². The van der Waals surface area contributed by atoms with E-state index in [1.807, 2.05) is 0 Å². The first-order valence-corrected chi connectivity index (χ1v) is 7.05. The Labute approximate surface area is 109 Å². The van der Waals surface area contributed by atoms with Gasteiger partial charge in [-0.15, -0.1) is 0 Å². The molecule has 1 aliphatic heterocycles. The van der Waals surface area contributed by atoms with Gasteiger partial charge in [0.25, 0.3) is 0 Å². The highest BCUT2D eigenvalue weighted by atomic mass is 15.3. The Morgan fingerprint density at radius 2 is 1.83 bits per heavy atom. The first-order chi connectivity index (χ1) is 8.74. The zero-order chi connectivity index (χ0) is 12.5. The third-order valence-electron chi connectivity index (χ3n) is 4.04. The summed E-state index contributed by atoms with van der Waals surface area (Å²) in [5, 5.41) is 0. The standard InChI is InChI=1S/C14H22N4/c1-11(2)17-5-7-18(8-6-17)14-9-13(12-3-4-12)15-10-16-14/h9-12H,3-8H2,1-2H3. The fraction of sp³-hybridized carbons (Fsp3) is 0.714. The van der Waals surface area contributed by atoms with Crippen LogP contribution in [0.3, 0.4) is 0 Å². The van der Waals surface area contributed by atoms with Crippen LogP contribution in [0.4, 0.5) is 5.82 Å². The fourth-order valence-corrected chi connectivity index (χ4v) is 2.60. The summed E-state index contributed by atoms with van der Waals surface area (Å²) in [4.78, 5) is 13.8. The molecule has 0 radical (unpaired) electrons. The molecule has 0 spiro atoms. The van der Waals surface area contributed by atoms with Crippen LogP contribution in [0.15, 0.2) is 12.4 Å². The lowest BCUT2D eigenvalue weighted by Gasteiger charge is -2.37. The molecular formula is C14H22N4. The highest BCUT2D eigenvalue weighted by Gasteiger charge is 2.26. The largest absolute Gasteiger partial charge is 0.354 e. The Hall–Kier alpha value is -1.16. The minimum absolute atomic E-state index is 0.652. The lowest BCUT2D eigenvalue weighted by Crippen LogP contribution is -2.49. The van der Waals surface area contributed by atoms with Gasteiger partial charge in [-0.05, 0) is 26.7 Å². The zero-order valence-electron chi connectivity index (χ0n) is 11.3. The topological polar surface area (TPSA) is 32.3 Å². The molecule has 1 saturated heterocycles. The van der Waals surface area contributed by atoms with Crippen molar-refractivity contribution < 1.29 is 0 Å². The van der Waals surface area contributed by atoms with Gasteiger partial charge < -0.3 is 4.90 Å². The van der Waals surface area contributed by atoms with Crippen LogP contribution >= 0.6 is 0 Å². The molecule has 2 fully saturated rings. The smallest absolute Gasteiger partial charge is 0.132 e. The number of rotatable bonds is 3. The Morgan fingerprint density at radius 1 is 1.11 bits per heavy atom. The molecule has 18 heavy (non-hydrogen) atoms. The second-order valence-corrected chi connectivity index (χ2v) is 5.69. The second kappa shape index (κ2) is 4.84. The van der Waals surface area contributed by atoms with Crippen molar-refractivity contribution in [1.29, 1.82) is 0 Å². The summed E-state index contributed by atoms with van der Waals surface area (Å²) >= 11 is 0. The number of aromatic nitrogens is 2. The number of hydrogen-bond donors (Lipinski definition) is 0. The SMILES string of the molecule is CC(C)N1CCN(c2cc(C3CC3)ncn2)CC1. The molecule has 98 valence electrons. The molecule has 0 aromatic carbocycles. The molecule has 0 atom stereocenters. The van der Waals surface area contributed by atoms with Crippen molar-refractivity contribution in [1.82, 2.24) is 14.9 Å². The number of hydrogen-bond acceptors (Lipinski definition) is 4. The maximum absolute atomic E-state index is 4.44. The number of nitrogens with zero attached hydrogens (tertiary/aromatic N) is 4. The average molecular weight is 246 g/mol. The van der Waals surface area contributed by atoms with E-state index in [1.165, 1.54) is 18.5 Å². The molecule has 4 heteroatoms. The molecule has 0 N–H and O–H groups in total. The third-order valence-corrected chi connectivity index (χ3v) is 4.04. The Balaban J connectivity index is 1.66. The van der Waals surface area contributed by atoms with Crippen LogP contribution in [-0.4, -0.2) is 47.1 Å². The van der Waals surface area contributed by atoms with E-state index in [0.717, 1.165) is 32.0 Å². The van der Waals surface area contributed by atoms with E-state index in [1.54, 1.807) is 6.33 Å². The number of anilines is 1. The van der Waals surface area contributed by atoms with Gasteiger partial charge in [0, 0.05) is 49.9 Å². The molecule has 0 amide bonds. The molecule has 1 aromatic heterocycles. The van der Waals surface area contributed by atoms with Gasteiger partial charge in [-0.2, -0.15) is 0 Å². The van der Waals surface area contributed by atoms with Crippen molar-refractivity contribution >= 4 is 5.82 Å². The summed E-state index contributed by atoms with van der Waals surface area (Å²) in [7, 11) is 0. The van der Waals surface area contributed by atoms with Crippen molar-refractivity contribution in [3.63, 3.8) is 0 Å². The minimum Gasteiger partial charge on any atom is -0.354 e. The lowest BCUT2D eigenvalue weighted by atomic mass is 10.2.